The lowest BCUT2D eigenvalue weighted by Gasteiger charge is -2.46. The van der Waals surface area contributed by atoms with E-state index in [4.69, 9.17) is 15.2 Å². The van der Waals surface area contributed by atoms with Gasteiger partial charge in [0.1, 0.15) is 0 Å². The van der Waals surface area contributed by atoms with Gasteiger partial charge < -0.3 is 20.1 Å². The summed E-state index contributed by atoms with van der Waals surface area (Å²) in [5.41, 5.74) is 5.73. The first-order chi connectivity index (χ1) is 10.0. The summed E-state index contributed by atoms with van der Waals surface area (Å²) in [5, 5.41) is 0. The van der Waals surface area contributed by atoms with Gasteiger partial charge >= 0.3 is 5.97 Å². The molecule has 0 unspecified atom stereocenters. The topological polar surface area (TPSA) is 81.9 Å². The Morgan fingerprint density at radius 1 is 1.33 bits per heavy atom. The van der Waals surface area contributed by atoms with Crippen molar-refractivity contribution in [2.75, 3.05) is 26.3 Å². The highest BCUT2D eigenvalue weighted by Crippen LogP contribution is 2.34. The van der Waals surface area contributed by atoms with E-state index in [9.17, 15) is 9.59 Å². The van der Waals surface area contributed by atoms with Crippen LogP contribution < -0.4 is 5.73 Å². The SMILES string of the molecule is CCOC(=O)CCC(=O)N1CCOC2(CCC(N)CC2)C1. The lowest BCUT2D eigenvalue weighted by atomic mass is 9.81. The molecular formula is C15H26N2O4. The Morgan fingerprint density at radius 2 is 2.05 bits per heavy atom. The average molecular weight is 298 g/mol. The van der Waals surface area contributed by atoms with Crippen molar-refractivity contribution >= 4 is 11.9 Å². The minimum absolute atomic E-state index is 0.0144. The Hall–Kier alpha value is -1.14. The maximum absolute atomic E-state index is 12.2. The molecule has 6 nitrogen and oxygen atoms in total. The Kier molecular flexibility index (Phi) is 5.58. The van der Waals surface area contributed by atoms with Crippen molar-refractivity contribution in [3.8, 4) is 0 Å². The van der Waals surface area contributed by atoms with Gasteiger partial charge in [-0.3, -0.25) is 9.59 Å². The Morgan fingerprint density at radius 3 is 2.71 bits per heavy atom. The normalized spacial score (nSPS) is 29.4. The molecule has 1 saturated heterocycles. The number of ether oxygens (including phenoxy) is 2. The van der Waals surface area contributed by atoms with E-state index < -0.39 is 0 Å². The molecule has 1 amide bonds. The van der Waals surface area contributed by atoms with Gasteiger partial charge in [0, 0.05) is 25.6 Å². The molecule has 0 aromatic heterocycles. The number of carbonyl (C=O) groups excluding carboxylic acids is 2. The second-order valence-corrected chi connectivity index (χ2v) is 5.99. The summed E-state index contributed by atoms with van der Waals surface area (Å²) in [6.45, 7) is 3.92. The zero-order valence-electron chi connectivity index (χ0n) is 12.8. The lowest BCUT2D eigenvalue weighted by Crippen LogP contribution is -2.56. The van der Waals surface area contributed by atoms with Crippen LogP contribution in [0.1, 0.15) is 45.4 Å². The van der Waals surface area contributed by atoms with Crippen LogP contribution in [0.5, 0.6) is 0 Å². The number of nitrogens with two attached hydrogens (primary N) is 1. The minimum atomic E-state index is -0.308. The van der Waals surface area contributed by atoms with Gasteiger partial charge in [0.25, 0.3) is 0 Å². The monoisotopic (exact) mass is 298 g/mol. The van der Waals surface area contributed by atoms with E-state index in [0.717, 1.165) is 25.7 Å². The summed E-state index contributed by atoms with van der Waals surface area (Å²) in [5.74, 6) is -0.293. The standard InChI is InChI=1S/C15H26N2O4/c1-2-20-14(19)4-3-13(18)17-9-10-21-15(11-17)7-5-12(16)6-8-15/h12H,2-11,16H2,1H3. The molecule has 2 N–H and O–H groups in total. The number of hydrogen-bond donors (Lipinski definition) is 1. The molecule has 120 valence electrons. The molecule has 0 aromatic rings. The first-order valence-electron chi connectivity index (χ1n) is 7.87. The molecule has 21 heavy (non-hydrogen) atoms. The first kappa shape index (κ1) is 16.2. The fourth-order valence-electron chi connectivity index (χ4n) is 3.13. The van der Waals surface area contributed by atoms with E-state index in [1.165, 1.54) is 0 Å². The molecule has 2 fully saturated rings. The maximum atomic E-state index is 12.2. The summed E-state index contributed by atoms with van der Waals surface area (Å²) in [7, 11) is 0. The molecular weight excluding hydrogens is 272 g/mol. The number of morpholine rings is 1. The van der Waals surface area contributed by atoms with E-state index in [1.54, 1.807) is 6.92 Å². The molecule has 1 aliphatic carbocycles. The van der Waals surface area contributed by atoms with Gasteiger partial charge in [-0.05, 0) is 32.6 Å². The summed E-state index contributed by atoms with van der Waals surface area (Å²) >= 11 is 0. The van der Waals surface area contributed by atoms with Crippen molar-refractivity contribution in [3.05, 3.63) is 0 Å². The van der Waals surface area contributed by atoms with Crippen LogP contribution in [0, 0.1) is 0 Å². The minimum Gasteiger partial charge on any atom is -0.466 e. The van der Waals surface area contributed by atoms with Gasteiger partial charge in [0.2, 0.25) is 5.91 Å². The van der Waals surface area contributed by atoms with Gasteiger partial charge in [-0.2, -0.15) is 0 Å². The molecule has 0 radical (unpaired) electrons. The average Bonchev–Trinajstić information content (AvgIpc) is 2.49. The van der Waals surface area contributed by atoms with Crippen LogP contribution in [0.25, 0.3) is 0 Å². The fourth-order valence-corrected chi connectivity index (χ4v) is 3.13. The second kappa shape index (κ2) is 7.22. The highest BCUT2D eigenvalue weighted by atomic mass is 16.5. The van der Waals surface area contributed by atoms with Gasteiger partial charge in [-0.25, -0.2) is 0 Å². The summed E-state index contributed by atoms with van der Waals surface area (Å²) in [6, 6.07) is 0.258. The summed E-state index contributed by atoms with van der Waals surface area (Å²) in [4.78, 5) is 25.4. The number of nitrogens with zero attached hydrogens (tertiary/aromatic N) is 1. The molecule has 1 aliphatic heterocycles. The lowest BCUT2D eigenvalue weighted by molar-refractivity contribution is -0.158. The fraction of sp³-hybridized carbons (Fsp3) is 0.867. The summed E-state index contributed by atoms with van der Waals surface area (Å²) in [6.07, 6.45) is 4.09. The molecule has 1 heterocycles. The highest BCUT2D eigenvalue weighted by molar-refractivity contribution is 5.81. The zero-order chi connectivity index (χ0) is 15.3. The maximum Gasteiger partial charge on any atom is 0.306 e. The Labute approximate surface area is 125 Å². The smallest absolute Gasteiger partial charge is 0.306 e. The highest BCUT2D eigenvalue weighted by Gasteiger charge is 2.40. The van der Waals surface area contributed by atoms with Crippen molar-refractivity contribution in [3.63, 3.8) is 0 Å². The van der Waals surface area contributed by atoms with Crippen LogP contribution in [0.3, 0.4) is 0 Å². The van der Waals surface area contributed by atoms with Crippen LogP contribution in [0.4, 0.5) is 0 Å². The van der Waals surface area contributed by atoms with E-state index in [0.29, 0.717) is 26.3 Å². The molecule has 0 bridgehead atoms. The number of rotatable bonds is 4. The third kappa shape index (κ3) is 4.41. The van der Waals surface area contributed by atoms with Crippen molar-refractivity contribution < 1.29 is 19.1 Å². The Balaban J connectivity index is 1.83. The van der Waals surface area contributed by atoms with Crippen LogP contribution in [0.2, 0.25) is 0 Å². The van der Waals surface area contributed by atoms with Crippen LogP contribution >= 0.6 is 0 Å². The van der Waals surface area contributed by atoms with Crippen molar-refractivity contribution in [2.45, 2.75) is 57.1 Å². The number of carbonyl (C=O) groups is 2. The van der Waals surface area contributed by atoms with E-state index in [1.807, 2.05) is 4.90 Å². The Bertz CT molecular complexity index is 378. The number of hydrogen-bond acceptors (Lipinski definition) is 5. The number of esters is 1. The molecule has 6 heteroatoms. The second-order valence-electron chi connectivity index (χ2n) is 5.99. The van der Waals surface area contributed by atoms with E-state index >= 15 is 0 Å². The van der Waals surface area contributed by atoms with E-state index in [2.05, 4.69) is 0 Å². The first-order valence-corrected chi connectivity index (χ1v) is 7.87. The quantitative estimate of drug-likeness (QED) is 0.777. The third-order valence-electron chi connectivity index (χ3n) is 4.39. The van der Waals surface area contributed by atoms with Gasteiger partial charge in [0.15, 0.2) is 0 Å². The van der Waals surface area contributed by atoms with Crippen molar-refractivity contribution in [2.24, 2.45) is 5.73 Å². The van der Waals surface area contributed by atoms with Crippen LogP contribution in [-0.4, -0.2) is 54.7 Å². The van der Waals surface area contributed by atoms with Crippen LogP contribution in [-0.2, 0) is 19.1 Å². The van der Waals surface area contributed by atoms with Gasteiger partial charge in [0.05, 0.1) is 25.2 Å². The molecule has 1 saturated carbocycles. The predicted octanol–water partition coefficient (Wildman–Crippen LogP) is 0.829. The largest absolute Gasteiger partial charge is 0.466 e. The molecule has 2 aliphatic rings. The third-order valence-corrected chi connectivity index (χ3v) is 4.39. The van der Waals surface area contributed by atoms with Gasteiger partial charge in [-0.1, -0.05) is 0 Å². The molecule has 0 aromatic carbocycles. The predicted molar refractivity (Wildman–Crippen MR) is 77.6 cm³/mol. The van der Waals surface area contributed by atoms with Crippen molar-refractivity contribution in [1.29, 1.82) is 0 Å². The number of amides is 1. The van der Waals surface area contributed by atoms with Gasteiger partial charge in [-0.15, -0.1) is 0 Å². The van der Waals surface area contributed by atoms with E-state index in [-0.39, 0.29) is 36.4 Å². The molecule has 2 rings (SSSR count). The molecule has 0 atom stereocenters. The van der Waals surface area contributed by atoms with Crippen molar-refractivity contribution in [1.82, 2.24) is 4.90 Å². The zero-order valence-corrected chi connectivity index (χ0v) is 12.8. The molecule has 1 spiro atoms. The summed E-state index contributed by atoms with van der Waals surface area (Å²) < 4.78 is 10.8. The van der Waals surface area contributed by atoms with Crippen LogP contribution in [0.15, 0.2) is 0 Å².